The average molecular weight is 270 g/mol. The standard InChI is InChI=1S/C13H10N4OS/c18-12-7-15-17-13(16-12)19-8-11-10-4-2-1-3-9(10)5-6-14-11/h1-7H,8H2,(H,16,17,18). The summed E-state index contributed by atoms with van der Waals surface area (Å²) in [6, 6.07) is 10.1. The summed E-state index contributed by atoms with van der Waals surface area (Å²) in [6.07, 6.45) is 2.94. The maximum Gasteiger partial charge on any atom is 0.270 e. The number of thioether (sulfide) groups is 1. The molecule has 3 aromatic rings. The molecule has 1 N–H and O–H groups in total. The number of nitrogens with zero attached hydrogens (tertiary/aromatic N) is 3. The molecular weight excluding hydrogens is 260 g/mol. The molecular formula is C13H10N4OS. The Bertz CT molecular complexity index is 766. The highest BCUT2D eigenvalue weighted by molar-refractivity contribution is 7.98. The molecule has 19 heavy (non-hydrogen) atoms. The molecule has 0 aliphatic carbocycles. The largest absolute Gasteiger partial charge is 0.299 e. The first kappa shape index (κ1) is 11.9. The summed E-state index contributed by atoms with van der Waals surface area (Å²) in [5.74, 6) is 0.635. The van der Waals surface area contributed by atoms with Crippen LogP contribution in [0.15, 0.2) is 52.7 Å². The number of pyridine rings is 1. The van der Waals surface area contributed by atoms with Crippen molar-refractivity contribution in [2.75, 3.05) is 0 Å². The van der Waals surface area contributed by atoms with Crippen LogP contribution in [0.5, 0.6) is 0 Å². The van der Waals surface area contributed by atoms with Crippen molar-refractivity contribution in [3.8, 4) is 0 Å². The van der Waals surface area contributed by atoms with Crippen LogP contribution in [0.3, 0.4) is 0 Å². The molecule has 0 aliphatic rings. The molecule has 1 aromatic carbocycles. The van der Waals surface area contributed by atoms with Gasteiger partial charge in [-0.25, -0.2) is 0 Å². The Labute approximate surface area is 113 Å². The summed E-state index contributed by atoms with van der Waals surface area (Å²) < 4.78 is 0. The van der Waals surface area contributed by atoms with Gasteiger partial charge in [-0.3, -0.25) is 14.8 Å². The maximum absolute atomic E-state index is 11.1. The van der Waals surface area contributed by atoms with Crippen LogP contribution < -0.4 is 5.56 Å². The molecule has 3 rings (SSSR count). The Hall–Kier alpha value is -2.21. The first-order valence-electron chi connectivity index (χ1n) is 5.70. The summed E-state index contributed by atoms with van der Waals surface area (Å²) in [4.78, 5) is 18.1. The number of H-pyrrole nitrogens is 1. The monoisotopic (exact) mass is 270 g/mol. The van der Waals surface area contributed by atoms with Crippen LogP contribution in [0.4, 0.5) is 0 Å². The van der Waals surface area contributed by atoms with Crippen molar-refractivity contribution in [3.05, 3.63) is 58.8 Å². The first-order chi connectivity index (χ1) is 9.33. The Balaban J connectivity index is 1.88. The Morgan fingerprint density at radius 3 is 3.00 bits per heavy atom. The van der Waals surface area contributed by atoms with Gasteiger partial charge >= 0.3 is 0 Å². The lowest BCUT2D eigenvalue weighted by molar-refractivity contribution is 0.816. The lowest BCUT2D eigenvalue weighted by Gasteiger charge is -2.04. The number of fused-ring (bicyclic) bond motifs is 1. The van der Waals surface area contributed by atoms with Crippen LogP contribution >= 0.6 is 11.8 Å². The molecule has 0 atom stereocenters. The van der Waals surface area contributed by atoms with Gasteiger partial charge in [0.1, 0.15) is 6.20 Å². The van der Waals surface area contributed by atoms with Crippen molar-refractivity contribution in [1.29, 1.82) is 0 Å². The third kappa shape index (κ3) is 2.63. The molecule has 0 amide bonds. The van der Waals surface area contributed by atoms with Gasteiger partial charge in [-0.05, 0) is 11.5 Å². The summed E-state index contributed by atoms with van der Waals surface area (Å²) >= 11 is 1.41. The normalized spacial score (nSPS) is 10.7. The van der Waals surface area contributed by atoms with E-state index in [1.54, 1.807) is 6.20 Å². The molecule has 6 heteroatoms. The highest BCUT2D eigenvalue weighted by atomic mass is 32.2. The summed E-state index contributed by atoms with van der Waals surface area (Å²) in [6.45, 7) is 0. The summed E-state index contributed by atoms with van der Waals surface area (Å²) in [5.41, 5.74) is 0.720. The zero-order valence-corrected chi connectivity index (χ0v) is 10.7. The van der Waals surface area contributed by atoms with Crippen molar-refractivity contribution in [3.63, 3.8) is 0 Å². The second kappa shape index (κ2) is 5.19. The average Bonchev–Trinajstić information content (AvgIpc) is 2.45. The van der Waals surface area contributed by atoms with Gasteiger partial charge in [-0.2, -0.15) is 5.10 Å². The van der Waals surface area contributed by atoms with Crippen LogP contribution in [0.2, 0.25) is 0 Å². The fourth-order valence-electron chi connectivity index (χ4n) is 1.80. The van der Waals surface area contributed by atoms with Crippen molar-refractivity contribution < 1.29 is 0 Å². The fraction of sp³-hybridized carbons (Fsp3) is 0.0769. The van der Waals surface area contributed by atoms with Crippen molar-refractivity contribution in [1.82, 2.24) is 20.2 Å². The molecule has 5 nitrogen and oxygen atoms in total. The smallest absolute Gasteiger partial charge is 0.270 e. The summed E-state index contributed by atoms with van der Waals surface area (Å²) in [5, 5.41) is 10.3. The second-order valence-electron chi connectivity index (χ2n) is 3.91. The van der Waals surface area contributed by atoms with Gasteiger partial charge in [0, 0.05) is 17.3 Å². The van der Waals surface area contributed by atoms with E-state index in [0.29, 0.717) is 10.9 Å². The molecule has 94 valence electrons. The zero-order chi connectivity index (χ0) is 13.1. The number of hydrogen-bond acceptors (Lipinski definition) is 5. The maximum atomic E-state index is 11.1. The Morgan fingerprint density at radius 2 is 2.11 bits per heavy atom. The third-order valence-electron chi connectivity index (χ3n) is 2.66. The lowest BCUT2D eigenvalue weighted by Crippen LogP contribution is -2.08. The predicted molar refractivity (Wildman–Crippen MR) is 74.0 cm³/mol. The summed E-state index contributed by atoms with van der Waals surface area (Å²) in [7, 11) is 0. The van der Waals surface area contributed by atoms with E-state index in [0.717, 1.165) is 22.7 Å². The van der Waals surface area contributed by atoms with Crippen LogP contribution in [-0.4, -0.2) is 20.2 Å². The van der Waals surface area contributed by atoms with Crippen LogP contribution in [0.1, 0.15) is 5.69 Å². The van der Waals surface area contributed by atoms with Gasteiger partial charge in [0.15, 0.2) is 5.16 Å². The molecule has 0 aliphatic heterocycles. The molecule has 2 heterocycles. The lowest BCUT2D eigenvalue weighted by atomic mass is 10.1. The van der Waals surface area contributed by atoms with E-state index in [4.69, 9.17) is 0 Å². The molecule has 0 fully saturated rings. The van der Waals surface area contributed by atoms with Gasteiger partial charge in [0.2, 0.25) is 0 Å². The predicted octanol–water partition coefficient (Wildman–Crippen LogP) is 2.01. The minimum Gasteiger partial charge on any atom is -0.299 e. The topological polar surface area (TPSA) is 71.5 Å². The molecule has 0 spiro atoms. The SMILES string of the molecule is O=c1cnnc(SCc2nccc3ccccc23)[nH]1. The molecule has 0 saturated heterocycles. The molecule has 0 saturated carbocycles. The van der Waals surface area contributed by atoms with Crippen LogP contribution in [-0.2, 0) is 5.75 Å². The minimum absolute atomic E-state index is 0.247. The fourth-order valence-corrected chi connectivity index (χ4v) is 2.58. The van der Waals surface area contributed by atoms with Gasteiger partial charge < -0.3 is 0 Å². The van der Waals surface area contributed by atoms with Crippen molar-refractivity contribution in [2.45, 2.75) is 10.9 Å². The second-order valence-corrected chi connectivity index (χ2v) is 4.87. The third-order valence-corrected chi connectivity index (χ3v) is 3.53. The Morgan fingerprint density at radius 1 is 1.21 bits per heavy atom. The number of aromatic amines is 1. The van der Waals surface area contributed by atoms with E-state index >= 15 is 0 Å². The van der Waals surface area contributed by atoms with E-state index in [-0.39, 0.29) is 5.56 Å². The first-order valence-corrected chi connectivity index (χ1v) is 6.69. The number of nitrogens with one attached hydrogen (secondary N) is 1. The van der Waals surface area contributed by atoms with Gasteiger partial charge in [-0.15, -0.1) is 5.10 Å². The highest BCUT2D eigenvalue weighted by Crippen LogP contribution is 2.22. The number of aromatic nitrogens is 4. The highest BCUT2D eigenvalue weighted by Gasteiger charge is 2.04. The molecule has 0 radical (unpaired) electrons. The number of hydrogen-bond donors (Lipinski definition) is 1. The van der Waals surface area contributed by atoms with Crippen LogP contribution in [0, 0.1) is 0 Å². The van der Waals surface area contributed by atoms with E-state index < -0.39 is 0 Å². The number of benzene rings is 1. The van der Waals surface area contributed by atoms with E-state index in [9.17, 15) is 4.79 Å². The quantitative estimate of drug-likeness (QED) is 0.737. The van der Waals surface area contributed by atoms with E-state index in [1.165, 1.54) is 11.8 Å². The Kier molecular flexibility index (Phi) is 3.24. The van der Waals surface area contributed by atoms with Crippen molar-refractivity contribution >= 4 is 22.5 Å². The van der Waals surface area contributed by atoms with Crippen molar-refractivity contribution in [2.24, 2.45) is 0 Å². The van der Waals surface area contributed by atoms with Gasteiger partial charge in [0.25, 0.3) is 5.56 Å². The molecule has 0 bridgehead atoms. The van der Waals surface area contributed by atoms with Gasteiger partial charge in [0.05, 0.1) is 5.69 Å². The van der Waals surface area contributed by atoms with Crippen LogP contribution in [0.25, 0.3) is 10.8 Å². The van der Waals surface area contributed by atoms with Gasteiger partial charge in [-0.1, -0.05) is 36.0 Å². The van der Waals surface area contributed by atoms with E-state index in [2.05, 4.69) is 26.2 Å². The number of rotatable bonds is 3. The molecule has 0 unspecified atom stereocenters. The van der Waals surface area contributed by atoms with E-state index in [1.807, 2.05) is 24.3 Å². The molecule has 2 aromatic heterocycles. The zero-order valence-electron chi connectivity index (χ0n) is 9.91. The minimum atomic E-state index is -0.247.